The number of carbonyl (C=O) groups is 1. The molecule has 0 saturated heterocycles. The van der Waals surface area contributed by atoms with E-state index in [1.807, 2.05) is 0 Å². The quantitative estimate of drug-likeness (QED) is 0.266. The van der Waals surface area contributed by atoms with Crippen molar-refractivity contribution in [2.45, 2.75) is 9.10 Å². The molecule has 0 radical (unpaired) electrons. The molecule has 0 fully saturated rings. The van der Waals surface area contributed by atoms with Gasteiger partial charge in [-0.15, -0.1) is 11.3 Å². The zero-order valence-corrected chi connectivity index (χ0v) is 19.7. The molecule has 1 heterocycles. The number of hydrogen-bond donors (Lipinski definition) is 0. The lowest BCUT2D eigenvalue weighted by Gasteiger charge is -2.07. The molecule has 7 nitrogen and oxygen atoms in total. The van der Waals surface area contributed by atoms with Crippen molar-refractivity contribution in [2.24, 2.45) is 4.36 Å². The molecule has 0 amide bonds. The third-order valence-corrected chi connectivity index (χ3v) is 9.04. The molecule has 0 bridgehead atoms. The Kier molecular flexibility index (Phi) is 7.16. The second-order valence-corrected chi connectivity index (χ2v) is 12.1. The Hall–Kier alpha value is -2.97. The highest BCUT2D eigenvalue weighted by Crippen LogP contribution is 2.24. The van der Waals surface area contributed by atoms with Gasteiger partial charge in [-0.05, 0) is 60.0 Å². The number of thiophene rings is 1. The van der Waals surface area contributed by atoms with Crippen molar-refractivity contribution in [2.75, 3.05) is 6.26 Å². The summed E-state index contributed by atoms with van der Waals surface area (Å²) in [6.45, 7) is 0. The first kappa shape index (κ1) is 23.7. The number of esters is 1. The highest BCUT2D eigenvalue weighted by molar-refractivity contribution is 7.97. The smallest absolute Gasteiger partial charge is 0.343 e. The third kappa shape index (κ3) is 5.44. The first-order chi connectivity index (χ1) is 15.1. The zero-order valence-electron chi connectivity index (χ0n) is 16.5. The van der Waals surface area contributed by atoms with Crippen molar-refractivity contribution in [1.82, 2.24) is 0 Å². The Morgan fingerprint density at radius 1 is 1.09 bits per heavy atom. The van der Waals surface area contributed by atoms with Crippen LogP contribution in [0.15, 0.2) is 90.6 Å². The fraction of sp³-hybridized carbons (Fsp3) is 0.0476. The van der Waals surface area contributed by atoms with Crippen LogP contribution in [0.1, 0.15) is 10.4 Å². The lowest BCUT2D eigenvalue weighted by atomic mass is 10.2. The summed E-state index contributed by atoms with van der Waals surface area (Å²) >= 11 is 6.77. The van der Waals surface area contributed by atoms with E-state index in [-0.39, 0.29) is 14.9 Å². The molecular weight excluding hydrogens is 492 g/mol. The van der Waals surface area contributed by atoms with Crippen LogP contribution in [0.2, 0.25) is 5.02 Å². The Morgan fingerprint density at radius 3 is 2.31 bits per heavy atom. The molecule has 1 unspecified atom stereocenters. The van der Waals surface area contributed by atoms with Crippen LogP contribution in [0, 0.1) is 11.3 Å². The predicted octanol–water partition coefficient (Wildman–Crippen LogP) is 4.92. The van der Waals surface area contributed by atoms with Crippen molar-refractivity contribution in [1.29, 1.82) is 5.26 Å². The van der Waals surface area contributed by atoms with E-state index in [9.17, 15) is 22.7 Å². The largest absolute Gasteiger partial charge is 0.423 e. The Bertz CT molecular complexity index is 1430. The minimum absolute atomic E-state index is 0.00467. The van der Waals surface area contributed by atoms with Gasteiger partial charge in [-0.2, -0.15) is 5.26 Å². The first-order valence-electron chi connectivity index (χ1n) is 8.81. The van der Waals surface area contributed by atoms with Crippen molar-refractivity contribution < 1.29 is 22.2 Å². The number of allylic oxidation sites excluding steroid dienone is 1. The summed E-state index contributed by atoms with van der Waals surface area (Å²) in [7, 11) is -7.09. The molecule has 3 rings (SSSR count). The zero-order chi connectivity index (χ0) is 23.4. The van der Waals surface area contributed by atoms with E-state index in [0.29, 0.717) is 10.6 Å². The van der Waals surface area contributed by atoms with E-state index < -0.39 is 30.4 Å². The first-order valence-corrected chi connectivity index (χ1v) is 13.5. The summed E-state index contributed by atoms with van der Waals surface area (Å²) in [5.74, 6) is -0.367. The minimum Gasteiger partial charge on any atom is -0.423 e. The maximum Gasteiger partial charge on any atom is 0.343 e. The van der Waals surface area contributed by atoms with E-state index in [1.165, 1.54) is 48.7 Å². The van der Waals surface area contributed by atoms with E-state index >= 15 is 0 Å². The molecule has 11 heteroatoms. The highest BCUT2D eigenvalue weighted by atomic mass is 35.5. The van der Waals surface area contributed by atoms with E-state index in [0.717, 1.165) is 17.5 Å². The third-order valence-electron chi connectivity index (χ3n) is 4.08. The minimum atomic E-state index is -4.03. The normalized spacial score (nSPS) is 13.6. The lowest BCUT2D eigenvalue weighted by molar-refractivity contribution is 0.0734. The molecule has 1 aromatic heterocycles. The molecule has 32 heavy (non-hydrogen) atoms. The van der Waals surface area contributed by atoms with Crippen LogP contribution in [-0.2, 0) is 19.6 Å². The maximum absolute atomic E-state index is 13.0. The van der Waals surface area contributed by atoms with Crippen LogP contribution in [0.4, 0.5) is 0 Å². The summed E-state index contributed by atoms with van der Waals surface area (Å²) < 4.78 is 47.1. The van der Waals surface area contributed by atoms with Crippen molar-refractivity contribution in [3.05, 3.63) is 87.7 Å². The molecule has 0 aliphatic rings. The molecular formula is C21H15ClN2O5S3. The van der Waals surface area contributed by atoms with Crippen LogP contribution >= 0.6 is 22.9 Å². The topological polar surface area (TPSA) is 114 Å². The van der Waals surface area contributed by atoms with Gasteiger partial charge >= 0.3 is 5.97 Å². The maximum atomic E-state index is 13.0. The number of nitriles is 1. The molecule has 1 atom stereocenters. The van der Waals surface area contributed by atoms with Gasteiger partial charge in [-0.25, -0.2) is 21.8 Å². The summed E-state index contributed by atoms with van der Waals surface area (Å²) in [6, 6.07) is 16.5. The molecule has 0 N–H and O–H groups in total. The van der Waals surface area contributed by atoms with Gasteiger partial charge in [0.1, 0.15) is 16.0 Å². The van der Waals surface area contributed by atoms with E-state index in [2.05, 4.69) is 4.36 Å². The molecule has 2 aromatic carbocycles. The van der Waals surface area contributed by atoms with Crippen LogP contribution in [0.5, 0.6) is 5.75 Å². The molecule has 3 aromatic rings. The van der Waals surface area contributed by atoms with Gasteiger partial charge in [-0.1, -0.05) is 17.7 Å². The van der Waals surface area contributed by atoms with Crippen molar-refractivity contribution in [3.8, 4) is 11.8 Å². The summed E-state index contributed by atoms with van der Waals surface area (Å²) in [6.07, 6.45) is 2.12. The SMILES string of the molecule is CS(=O)(=N/C=C(\C#N)S(=O)(=O)c1cccs1)c1ccc(OC(=O)c2ccc(Cl)cc2)cc1. The number of carbonyl (C=O) groups excluding carboxylic acids is 1. The number of sulfone groups is 1. The number of benzene rings is 2. The van der Waals surface area contributed by atoms with E-state index in [4.69, 9.17) is 16.3 Å². The Morgan fingerprint density at radius 2 is 1.75 bits per heavy atom. The molecule has 164 valence electrons. The Labute approximate surface area is 194 Å². The summed E-state index contributed by atoms with van der Waals surface area (Å²) in [4.78, 5) is 11.8. The second kappa shape index (κ2) is 9.67. The number of rotatable bonds is 6. The van der Waals surface area contributed by atoms with Gasteiger partial charge in [0.05, 0.1) is 21.5 Å². The number of halogens is 1. The standard InChI is InChI=1S/C21H15ClN2O5S3/c1-31(26,24-14-19(13-23)32(27,28)20-3-2-12-30-20)18-10-8-17(9-11-18)29-21(25)15-4-6-16(22)7-5-15/h2-12,14H,1H3/b19-14+. The predicted molar refractivity (Wildman–Crippen MR) is 123 cm³/mol. The number of nitrogens with zero attached hydrogens (tertiary/aromatic N) is 2. The number of ether oxygens (including phenoxy) is 1. The molecule has 0 saturated carbocycles. The summed E-state index contributed by atoms with van der Waals surface area (Å²) in [5.41, 5.74) is 0.314. The van der Waals surface area contributed by atoms with Crippen LogP contribution in [0.3, 0.4) is 0 Å². The van der Waals surface area contributed by atoms with Gasteiger partial charge in [0.25, 0.3) is 0 Å². The Balaban J connectivity index is 1.82. The average molecular weight is 507 g/mol. The van der Waals surface area contributed by atoms with Gasteiger partial charge in [0, 0.05) is 16.2 Å². The fourth-order valence-corrected chi connectivity index (χ4v) is 5.84. The average Bonchev–Trinajstić information content (AvgIpc) is 3.31. The summed E-state index contributed by atoms with van der Waals surface area (Å²) in [5, 5.41) is 11.3. The molecule has 0 aliphatic carbocycles. The number of hydrogen-bond acceptors (Lipinski definition) is 8. The second-order valence-electron chi connectivity index (χ2n) is 6.32. The monoisotopic (exact) mass is 506 g/mol. The van der Waals surface area contributed by atoms with Crippen LogP contribution < -0.4 is 4.74 Å². The molecule has 0 spiro atoms. The van der Waals surface area contributed by atoms with E-state index in [1.54, 1.807) is 29.6 Å². The van der Waals surface area contributed by atoms with Gasteiger partial charge in [-0.3, -0.25) is 0 Å². The van der Waals surface area contributed by atoms with Crippen LogP contribution in [0.25, 0.3) is 0 Å². The van der Waals surface area contributed by atoms with Crippen molar-refractivity contribution >= 4 is 48.5 Å². The van der Waals surface area contributed by atoms with Crippen LogP contribution in [-0.4, -0.2) is 24.9 Å². The van der Waals surface area contributed by atoms with Crippen molar-refractivity contribution in [3.63, 3.8) is 0 Å². The molecule has 0 aliphatic heterocycles. The van der Waals surface area contributed by atoms with Gasteiger partial charge < -0.3 is 4.74 Å². The lowest BCUT2D eigenvalue weighted by Crippen LogP contribution is -2.08. The van der Waals surface area contributed by atoms with Gasteiger partial charge in [0.15, 0.2) is 4.91 Å². The fourth-order valence-electron chi connectivity index (χ4n) is 2.40. The van der Waals surface area contributed by atoms with Gasteiger partial charge in [0.2, 0.25) is 9.84 Å². The highest BCUT2D eigenvalue weighted by Gasteiger charge is 2.22.